The number of carbonyl (C=O) groups excluding carboxylic acids is 1. The average Bonchev–Trinajstić information content (AvgIpc) is 3.18. The predicted molar refractivity (Wildman–Crippen MR) is 97.2 cm³/mol. The Kier molecular flexibility index (Phi) is 8.27. The molecule has 0 aliphatic heterocycles. The summed E-state index contributed by atoms with van der Waals surface area (Å²) in [5.74, 6) is 1.40. The van der Waals surface area contributed by atoms with Crippen molar-refractivity contribution in [3.63, 3.8) is 0 Å². The SMILES string of the molecule is O=C(NC1CC2CCC1C2)OCCCCCCCCCC(F)(F)S(=O)(=O)O. The first-order valence-electron chi connectivity index (χ1n) is 9.97. The van der Waals surface area contributed by atoms with Gasteiger partial charge in [0, 0.05) is 12.5 Å². The molecule has 158 valence electrons. The number of amides is 1. The summed E-state index contributed by atoms with van der Waals surface area (Å²) >= 11 is 0. The minimum atomic E-state index is -5.31. The van der Waals surface area contributed by atoms with Crippen molar-refractivity contribution in [2.24, 2.45) is 11.8 Å². The highest BCUT2D eigenvalue weighted by Crippen LogP contribution is 2.44. The van der Waals surface area contributed by atoms with Crippen LogP contribution in [0.15, 0.2) is 0 Å². The van der Waals surface area contributed by atoms with Crippen LogP contribution >= 0.6 is 0 Å². The van der Waals surface area contributed by atoms with Crippen LogP contribution in [0, 0.1) is 11.8 Å². The summed E-state index contributed by atoms with van der Waals surface area (Å²) in [6.07, 6.45) is 8.34. The Balaban J connectivity index is 1.39. The van der Waals surface area contributed by atoms with Gasteiger partial charge < -0.3 is 10.1 Å². The van der Waals surface area contributed by atoms with Gasteiger partial charge in [0.2, 0.25) is 0 Å². The van der Waals surface area contributed by atoms with Gasteiger partial charge in [-0.15, -0.1) is 0 Å². The molecule has 0 saturated heterocycles. The maximum atomic E-state index is 13.0. The topological polar surface area (TPSA) is 92.7 Å². The van der Waals surface area contributed by atoms with E-state index in [1.165, 1.54) is 19.3 Å². The maximum Gasteiger partial charge on any atom is 0.407 e. The lowest BCUT2D eigenvalue weighted by Gasteiger charge is -2.22. The number of unbranched alkanes of at least 4 members (excludes halogenated alkanes) is 6. The lowest BCUT2D eigenvalue weighted by atomic mass is 9.96. The molecule has 2 N–H and O–H groups in total. The Morgan fingerprint density at radius 1 is 1.04 bits per heavy atom. The fourth-order valence-corrected chi connectivity index (χ4v) is 4.63. The Hall–Kier alpha value is -0.960. The highest BCUT2D eigenvalue weighted by molar-refractivity contribution is 7.86. The number of fused-ring (bicyclic) bond motifs is 2. The lowest BCUT2D eigenvalue weighted by molar-refractivity contribution is 0.0683. The second kappa shape index (κ2) is 10.0. The van der Waals surface area contributed by atoms with Crippen molar-refractivity contribution >= 4 is 16.2 Å². The predicted octanol–water partition coefficient (Wildman–Crippen LogP) is 4.50. The third-order valence-electron chi connectivity index (χ3n) is 5.76. The van der Waals surface area contributed by atoms with Gasteiger partial charge in [-0.3, -0.25) is 4.55 Å². The van der Waals surface area contributed by atoms with Gasteiger partial charge in [-0.2, -0.15) is 17.2 Å². The zero-order valence-corrected chi connectivity index (χ0v) is 16.5. The van der Waals surface area contributed by atoms with Gasteiger partial charge in [0.05, 0.1) is 6.61 Å². The van der Waals surface area contributed by atoms with Crippen LogP contribution in [0.1, 0.15) is 77.0 Å². The van der Waals surface area contributed by atoms with Crippen LogP contribution in [0.3, 0.4) is 0 Å². The van der Waals surface area contributed by atoms with E-state index in [0.29, 0.717) is 18.9 Å². The Morgan fingerprint density at radius 3 is 2.22 bits per heavy atom. The van der Waals surface area contributed by atoms with Crippen molar-refractivity contribution < 1.29 is 31.3 Å². The Labute approximate surface area is 160 Å². The molecular weight excluding hydrogens is 380 g/mol. The van der Waals surface area contributed by atoms with Crippen molar-refractivity contribution in [2.75, 3.05) is 6.61 Å². The normalized spacial score (nSPS) is 24.9. The van der Waals surface area contributed by atoms with Gasteiger partial charge >= 0.3 is 21.5 Å². The van der Waals surface area contributed by atoms with Crippen molar-refractivity contribution in [3.05, 3.63) is 0 Å². The minimum Gasteiger partial charge on any atom is -0.450 e. The molecule has 0 radical (unpaired) electrons. The summed E-state index contributed by atoms with van der Waals surface area (Å²) in [6, 6.07) is 0.282. The third-order valence-corrected chi connectivity index (χ3v) is 6.72. The molecular formula is C18H31F2NO5S. The van der Waals surface area contributed by atoms with E-state index in [1.54, 1.807) is 0 Å². The van der Waals surface area contributed by atoms with E-state index in [-0.39, 0.29) is 18.6 Å². The number of carbonyl (C=O) groups is 1. The summed E-state index contributed by atoms with van der Waals surface area (Å²) < 4.78 is 60.5. The number of ether oxygens (including phenoxy) is 1. The maximum absolute atomic E-state index is 13.0. The number of rotatable bonds is 12. The second-order valence-corrected chi connectivity index (χ2v) is 9.45. The van der Waals surface area contributed by atoms with Crippen molar-refractivity contribution in [3.8, 4) is 0 Å². The number of hydrogen-bond acceptors (Lipinski definition) is 4. The Morgan fingerprint density at radius 2 is 1.67 bits per heavy atom. The van der Waals surface area contributed by atoms with Crippen molar-refractivity contribution in [1.29, 1.82) is 0 Å². The molecule has 27 heavy (non-hydrogen) atoms. The molecule has 0 heterocycles. The molecule has 3 unspecified atom stereocenters. The fraction of sp³-hybridized carbons (Fsp3) is 0.944. The zero-order chi connectivity index (χ0) is 19.9. The molecule has 2 saturated carbocycles. The van der Waals surface area contributed by atoms with Gasteiger partial charge in [-0.1, -0.05) is 38.5 Å². The second-order valence-electron chi connectivity index (χ2n) is 7.90. The minimum absolute atomic E-state index is 0.0547. The van der Waals surface area contributed by atoms with E-state index >= 15 is 0 Å². The fourth-order valence-electron chi connectivity index (χ4n) is 4.23. The van der Waals surface area contributed by atoms with Gasteiger partial charge in [0.25, 0.3) is 0 Å². The van der Waals surface area contributed by atoms with Crippen molar-refractivity contribution in [1.82, 2.24) is 5.32 Å². The van der Waals surface area contributed by atoms with E-state index in [2.05, 4.69) is 5.32 Å². The van der Waals surface area contributed by atoms with Gasteiger partial charge in [-0.05, 0) is 43.9 Å². The first-order valence-corrected chi connectivity index (χ1v) is 11.4. The quantitative estimate of drug-likeness (QED) is 0.364. The molecule has 1 amide bonds. The average molecular weight is 412 g/mol. The van der Waals surface area contributed by atoms with E-state index in [0.717, 1.165) is 44.4 Å². The molecule has 2 aliphatic carbocycles. The smallest absolute Gasteiger partial charge is 0.407 e. The Bertz CT molecular complexity index is 584. The van der Waals surface area contributed by atoms with Crippen LogP contribution in [-0.2, 0) is 14.9 Å². The molecule has 0 spiro atoms. The number of alkyl carbamates (subject to hydrolysis) is 1. The summed E-state index contributed by atoms with van der Waals surface area (Å²) in [4.78, 5) is 11.8. The number of halogens is 2. The lowest BCUT2D eigenvalue weighted by Crippen LogP contribution is -2.38. The largest absolute Gasteiger partial charge is 0.450 e. The first kappa shape index (κ1) is 22.3. The van der Waals surface area contributed by atoms with Crippen LogP contribution < -0.4 is 5.32 Å². The molecule has 6 nitrogen and oxygen atoms in total. The molecule has 9 heteroatoms. The monoisotopic (exact) mass is 411 g/mol. The van der Waals surface area contributed by atoms with E-state index in [9.17, 15) is 22.0 Å². The van der Waals surface area contributed by atoms with Gasteiger partial charge in [-0.25, -0.2) is 4.79 Å². The van der Waals surface area contributed by atoms with Crippen LogP contribution in [0.5, 0.6) is 0 Å². The highest BCUT2D eigenvalue weighted by Gasteiger charge is 2.43. The van der Waals surface area contributed by atoms with Gasteiger partial charge in [0.15, 0.2) is 0 Å². The summed E-state index contributed by atoms with van der Waals surface area (Å²) in [6.45, 7) is 0.382. The first-order chi connectivity index (χ1) is 12.7. The van der Waals surface area contributed by atoms with Crippen LogP contribution in [-0.4, -0.2) is 37.0 Å². The van der Waals surface area contributed by atoms with Gasteiger partial charge in [0.1, 0.15) is 0 Å². The molecule has 0 aromatic heterocycles. The molecule has 2 fully saturated rings. The van der Waals surface area contributed by atoms with E-state index in [1.807, 2.05) is 0 Å². The molecule has 2 aliphatic rings. The standard InChI is InChI=1S/C18H31F2NO5S/c19-18(20,27(23,24)25)10-6-4-2-1-3-5-7-11-26-17(22)21-16-13-14-8-9-15(16)12-14/h14-16H,1-13H2,(H,21,22)(H,23,24,25). The third kappa shape index (κ3) is 7.18. The van der Waals surface area contributed by atoms with E-state index < -0.39 is 21.8 Å². The number of nitrogens with one attached hydrogen (secondary N) is 1. The molecule has 0 aromatic rings. The van der Waals surface area contributed by atoms with Crippen molar-refractivity contribution in [2.45, 2.75) is 88.3 Å². The molecule has 3 atom stereocenters. The zero-order valence-electron chi connectivity index (χ0n) is 15.7. The summed E-state index contributed by atoms with van der Waals surface area (Å²) in [5.41, 5.74) is 0. The van der Waals surface area contributed by atoms with E-state index in [4.69, 9.17) is 9.29 Å². The molecule has 0 aromatic carbocycles. The summed E-state index contributed by atoms with van der Waals surface area (Å²) in [7, 11) is -5.31. The highest BCUT2D eigenvalue weighted by atomic mass is 32.2. The molecule has 2 bridgehead atoms. The van der Waals surface area contributed by atoms with Crippen LogP contribution in [0.25, 0.3) is 0 Å². The van der Waals surface area contributed by atoms with Crippen LogP contribution in [0.4, 0.5) is 13.6 Å². The van der Waals surface area contributed by atoms with Crippen LogP contribution in [0.2, 0.25) is 0 Å². The number of hydrogen-bond donors (Lipinski definition) is 2. The summed E-state index contributed by atoms with van der Waals surface area (Å²) in [5, 5.41) is -1.08. The molecule has 2 rings (SSSR count). The number of alkyl halides is 2.